The molecule has 2 aromatic heterocycles. The third-order valence-corrected chi connectivity index (χ3v) is 3.93. The lowest BCUT2D eigenvalue weighted by Gasteiger charge is -2.24. The van der Waals surface area contributed by atoms with Crippen molar-refractivity contribution >= 4 is 39.4 Å². The van der Waals surface area contributed by atoms with E-state index in [4.69, 9.17) is 5.73 Å². The molecule has 2 aromatic rings. The Bertz CT molecular complexity index is 531. The summed E-state index contributed by atoms with van der Waals surface area (Å²) in [5, 5.41) is 5.38. The van der Waals surface area contributed by atoms with Crippen molar-refractivity contribution < 1.29 is 0 Å². The Morgan fingerprint density at radius 2 is 2.25 bits per heavy atom. The largest absolute Gasteiger partial charge is 0.383 e. The second-order valence-corrected chi connectivity index (χ2v) is 5.25. The van der Waals surface area contributed by atoms with Gasteiger partial charge in [0.05, 0.1) is 5.39 Å². The van der Waals surface area contributed by atoms with Crippen molar-refractivity contribution in [3.05, 3.63) is 10.0 Å². The monoisotopic (exact) mass is 329 g/mol. The van der Waals surface area contributed by atoms with Gasteiger partial charge in [0.25, 0.3) is 0 Å². The first kappa shape index (κ1) is 10.2. The van der Waals surface area contributed by atoms with Crippen LogP contribution in [0.25, 0.3) is 11.0 Å². The van der Waals surface area contributed by atoms with Crippen LogP contribution in [0.2, 0.25) is 0 Å². The maximum Gasteiger partial charge on any atom is 0.164 e. The van der Waals surface area contributed by atoms with Crippen molar-refractivity contribution in [2.75, 3.05) is 5.73 Å². The molecule has 0 aliphatic heterocycles. The maximum atomic E-state index is 5.84. The summed E-state index contributed by atoms with van der Waals surface area (Å²) in [6.07, 6.45) is 5.46. The molecular weight excluding hydrogens is 317 g/mol. The molecule has 0 atom stereocenters. The van der Waals surface area contributed by atoms with Gasteiger partial charge in [-0.2, -0.15) is 5.10 Å². The van der Waals surface area contributed by atoms with Crippen LogP contribution in [0.4, 0.5) is 5.82 Å². The molecule has 0 bridgehead atoms. The van der Waals surface area contributed by atoms with Gasteiger partial charge in [-0.05, 0) is 41.4 Å². The Morgan fingerprint density at radius 3 is 2.94 bits per heavy atom. The van der Waals surface area contributed by atoms with E-state index in [2.05, 4.69) is 37.7 Å². The molecule has 2 heterocycles. The van der Waals surface area contributed by atoms with Gasteiger partial charge in [-0.25, -0.2) is 14.6 Å². The van der Waals surface area contributed by atoms with E-state index in [0.29, 0.717) is 5.82 Å². The van der Waals surface area contributed by atoms with Gasteiger partial charge < -0.3 is 5.73 Å². The minimum Gasteiger partial charge on any atom is -0.383 e. The van der Waals surface area contributed by atoms with Crippen LogP contribution < -0.4 is 5.73 Å². The Labute approximate surface area is 107 Å². The van der Waals surface area contributed by atoms with E-state index >= 15 is 0 Å². The number of nitrogens with two attached hydrogens (primary N) is 1. The van der Waals surface area contributed by atoms with Crippen molar-refractivity contribution in [1.29, 1.82) is 0 Å². The molecule has 0 aromatic carbocycles. The lowest BCUT2D eigenvalue weighted by atomic mass is 9.85. The highest BCUT2D eigenvalue weighted by Gasteiger charge is 2.21. The predicted octanol–water partition coefficient (Wildman–Crippen LogP) is 1.81. The number of hydrogen-bond donors (Lipinski definition) is 1. The number of halogens is 1. The average Bonchev–Trinajstić information content (AvgIpc) is 2.51. The molecule has 1 aliphatic rings. The average molecular weight is 329 g/mol. The second kappa shape index (κ2) is 3.83. The second-order valence-electron chi connectivity index (χ2n) is 4.23. The number of rotatable bonds is 2. The minimum absolute atomic E-state index is 0.522. The molecule has 84 valence electrons. The van der Waals surface area contributed by atoms with E-state index in [1.54, 1.807) is 0 Å². The molecule has 3 rings (SSSR count). The third-order valence-electron chi connectivity index (χ3n) is 3.17. The van der Waals surface area contributed by atoms with Gasteiger partial charge in [0.1, 0.15) is 15.8 Å². The molecule has 0 spiro atoms. The Kier molecular flexibility index (Phi) is 2.45. The molecule has 0 saturated heterocycles. The van der Waals surface area contributed by atoms with Crippen LogP contribution in [-0.2, 0) is 6.54 Å². The number of aromatic nitrogens is 4. The minimum atomic E-state index is 0.522. The van der Waals surface area contributed by atoms with Crippen molar-refractivity contribution in [2.24, 2.45) is 5.92 Å². The number of anilines is 1. The summed E-state index contributed by atoms with van der Waals surface area (Å²) >= 11 is 2.19. The smallest absolute Gasteiger partial charge is 0.164 e. The van der Waals surface area contributed by atoms with E-state index in [1.807, 2.05) is 4.68 Å². The summed E-state index contributed by atoms with van der Waals surface area (Å²) in [5.41, 5.74) is 6.70. The topological polar surface area (TPSA) is 69.6 Å². The maximum absolute atomic E-state index is 5.84. The predicted molar refractivity (Wildman–Crippen MR) is 69.8 cm³/mol. The Balaban J connectivity index is 2.07. The highest BCUT2D eigenvalue weighted by Crippen LogP contribution is 2.30. The fourth-order valence-electron chi connectivity index (χ4n) is 2.03. The quantitative estimate of drug-likeness (QED) is 0.853. The molecule has 16 heavy (non-hydrogen) atoms. The van der Waals surface area contributed by atoms with E-state index < -0.39 is 0 Å². The van der Waals surface area contributed by atoms with Gasteiger partial charge in [0.15, 0.2) is 5.65 Å². The summed E-state index contributed by atoms with van der Waals surface area (Å²) in [4.78, 5) is 8.28. The van der Waals surface area contributed by atoms with Gasteiger partial charge in [-0.1, -0.05) is 6.42 Å². The lowest BCUT2D eigenvalue weighted by molar-refractivity contribution is 0.269. The molecule has 0 unspecified atom stereocenters. The Morgan fingerprint density at radius 1 is 1.44 bits per heavy atom. The lowest BCUT2D eigenvalue weighted by Crippen LogP contribution is -2.19. The zero-order chi connectivity index (χ0) is 11.1. The third kappa shape index (κ3) is 1.55. The van der Waals surface area contributed by atoms with E-state index in [0.717, 1.165) is 27.2 Å². The van der Waals surface area contributed by atoms with Crippen LogP contribution in [0, 0.1) is 9.62 Å². The van der Waals surface area contributed by atoms with E-state index in [9.17, 15) is 0 Å². The van der Waals surface area contributed by atoms with Crippen molar-refractivity contribution in [3.63, 3.8) is 0 Å². The molecule has 0 radical (unpaired) electrons. The first-order valence-electron chi connectivity index (χ1n) is 5.38. The van der Waals surface area contributed by atoms with E-state index in [1.165, 1.54) is 25.6 Å². The molecule has 1 aliphatic carbocycles. The van der Waals surface area contributed by atoms with Gasteiger partial charge in [-0.3, -0.25) is 0 Å². The summed E-state index contributed by atoms with van der Waals surface area (Å²) in [7, 11) is 0. The van der Waals surface area contributed by atoms with E-state index in [-0.39, 0.29) is 0 Å². The molecule has 6 heteroatoms. The molecule has 1 fully saturated rings. The SMILES string of the molecule is Nc1ncnc2c1c(I)nn2CC1CCC1. The van der Waals surface area contributed by atoms with Gasteiger partial charge in [0, 0.05) is 6.54 Å². The zero-order valence-corrected chi connectivity index (χ0v) is 10.9. The van der Waals surface area contributed by atoms with Gasteiger partial charge in [0.2, 0.25) is 0 Å². The summed E-state index contributed by atoms with van der Waals surface area (Å²) in [5.74, 6) is 1.28. The molecule has 1 saturated carbocycles. The number of fused-ring (bicyclic) bond motifs is 1. The van der Waals surface area contributed by atoms with Crippen LogP contribution in [0.15, 0.2) is 6.33 Å². The first-order valence-corrected chi connectivity index (χ1v) is 6.46. The highest BCUT2D eigenvalue weighted by molar-refractivity contribution is 14.1. The molecule has 0 amide bonds. The van der Waals surface area contributed by atoms with Crippen LogP contribution in [0.1, 0.15) is 19.3 Å². The fourth-order valence-corrected chi connectivity index (χ4v) is 2.81. The van der Waals surface area contributed by atoms with Crippen LogP contribution >= 0.6 is 22.6 Å². The van der Waals surface area contributed by atoms with Crippen LogP contribution in [-0.4, -0.2) is 19.7 Å². The zero-order valence-electron chi connectivity index (χ0n) is 8.73. The number of nitrogens with zero attached hydrogens (tertiary/aromatic N) is 4. The summed E-state index contributed by atoms with van der Waals surface area (Å²) in [6, 6.07) is 0. The van der Waals surface area contributed by atoms with Crippen molar-refractivity contribution in [2.45, 2.75) is 25.8 Å². The van der Waals surface area contributed by atoms with Gasteiger partial charge in [-0.15, -0.1) is 0 Å². The highest BCUT2D eigenvalue weighted by atomic mass is 127. The summed E-state index contributed by atoms with van der Waals surface area (Å²) in [6.45, 7) is 0.954. The first-order chi connectivity index (χ1) is 7.75. The molecule has 5 nitrogen and oxygen atoms in total. The van der Waals surface area contributed by atoms with Gasteiger partial charge >= 0.3 is 0 Å². The van der Waals surface area contributed by atoms with Crippen LogP contribution in [0.5, 0.6) is 0 Å². The fraction of sp³-hybridized carbons (Fsp3) is 0.500. The molecule has 2 N–H and O–H groups in total. The number of hydrogen-bond acceptors (Lipinski definition) is 4. The molecular formula is C10H12IN5. The van der Waals surface area contributed by atoms with Crippen LogP contribution in [0.3, 0.4) is 0 Å². The standard InChI is InChI=1S/C10H12IN5/c11-8-7-9(12)13-5-14-10(7)16(15-8)4-6-2-1-3-6/h5-6H,1-4H2,(H2,12,13,14). The Hall–Kier alpha value is -0.920. The normalized spacial score (nSPS) is 16.6. The number of nitrogen functional groups attached to an aromatic ring is 1. The van der Waals surface area contributed by atoms with Crippen molar-refractivity contribution in [1.82, 2.24) is 19.7 Å². The van der Waals surface area contributed by atoms with Crippen molar-refractivity contribution in [3.8, 4) is 0 Å². The summed E-state index contributed by atoms with van der Waals surface area (Å²) < 4.78 is 2.86.